The number of rotatable bonds is 23. The standard InChI is InChI=1S/C66H70N8O4/c1-44-38-57(58(41-55(44)67)71-52-19-11-9-12-20-52)72-53-31-32-63(46(3)37-53)77-35-17-7-5-15-33-69-65(75)50-27-23-48(24-28-50)49-25-29-51(30-26-49)66(76)70-34-16-6-8-18-36-78-64-43-62-60(40-47(64)4)73-59-39-45(2)56(68)42-61(59)74(62)54-21-13-10-14-22-54/h9-14,19-30,32,37-43,68,71H,5-8,15-18,31,33-36,67H2,1-4H3,(H2,69,70,75,76)/p+1. The van der Waals surface area contributed by atoms with E-state index >= 15 is 0 Å². The Kier molecular flexibility index (Phi) is 17.9. The molecule has 78 heavy (non-hydrogen) atoms. The average Bonchev–Trinajstić information content (AvgIpc) is 3.60. The van der Waals surface area contributed by atoms with Crippen LogP contribution in [0.1, 0.15) is 102 Å². The number of ether oxygens (including phenoxy) is 2. The molecule has 12 nitrogen and oxygen atoms in total. The minimum atomic E-state index is -0.0898. The Morgan fingerprint density at radius 1 is 0.590 bits per heavy atom. The van der Waals surface area contributed by atoms with Gasteiger partial charge in [-0.05, 0) is 160 Å². The van der Waals surface area contributed by atoms with Crippen molar-refractivity contribution < 1.29 is 23.6 Å². The Morgan fingerprint density at radius 2 is 1.13 bits per heavy atom. The lowest BCUT2D eigenvalue weighted by Crippen LogP contribution is -2.33. The van der Waals surface area contributed by atoms with Gasteiger partial charge < -0.3 is 36.9 Å². The minimum absolute atomic E-state index is 0.0862. The number of nitrogens with one attached hydrogen (secondary N) is 3. The highest BCUT2D eigenvalue weighted by Gasteiger charge is 2.23. The van der Waals surface area contributed by atoms with Crippen LogP contribution in [0, 0.1) is 20.8 Å². The van der Waals surface area contributed by atoms with E-state index < -0.39 is 0 Å². The zero-order valence-electron chi connectivity index (χ0n) is 45.3. The van der Waals surface area contributed by atoms with Gasteiger partial charge in [0.15, 0.2) is 0 Å². The summed E-state index contributed by atoms with van der Waals surface area (Å²) in [4.78, 5) is 36.0. The summed E-state index contributed by atoms with van der Waals surface area (Å²) in [5.74, 6) is 1.57. The number of nitrogens with two attached hydrogens (primary N) is 2. The smallest absolute Gasteiger partial charge is 0.251 e. The summed E-state index contributed by atoms with van der Waals surface area (Å²) >= 11 is 0. The van der Waals surface area contributed by atoms with Crippen LogP contribution >= 0.6 is 0 Å². The molecule has 12 heteroatoms. The van der Waals surface area contributed by atoms with Crippen molar-refractivity contribution in [2.45, 2.75) is 85.5 Å². The molecule has 0 atom stereocenters. The number of aryl methyl sites for hydroxylation is 3. The maximum atomic E-state index is 13.0. The van der Waals surface area contributed by atoms with Crippen LogP contribution < -0.4 is 36.7 Å². The van der Waals surface area contributed by atoms with E-state index in [0.29, 0.717) is 43.9 Å². The Balaban J connectivity index is 0.639. The van der Waals surface area contributed by atoms with Crippen LogP contribution in [0.3, 0.4) is 0 Å². The minimum Gasteiger partial charge on any atom is -0.494 e. The van der Waals surface area contributed by atoms with Gasteiger partial charge in [-0.15, -0.1) is 4.57 Å². The fourth-order valence-electron chi connectivity index (χ4n) is 9.65. The van der Waals surface area contributed by atoms with Gasteiger partial charge >= 0.3 is 0 Å². The van der Waals surface area contributed by atoms with Gasteiger partial charge in [-0.25, -0.2) is 4.98 Å². The number of unbranched alkanes of at least 4 members (excludes halogenated alkanes) is 6. The molecule has 9 rings (SSSR count). The maximum absolute atomic E-state index is 13.0. The fourth-order valence-corrected chi connectivity index (χ4v) is 9.65. The number of hydrogen-bond acceptors (Lipinski definition) is 9. The molecular weight excluding hydrogens is 969 g/mol. The number of aromatic nitrogens is 2. The first-order chi connectivity index (χ1) is 38.0. The SMILES string of the molecule is CC1=CC(=Nc2cc(C)c(N)cc2Nc2ccccc2)CC=C1OCCCCCCNC(=O)c1ccc(-c2ccc(C(=O)NCCCCCCOc3cc4c(cc3C)nc3cc(C)c(N)cc3[n+]4-c3ccccc3)cc2)cc1. The zero-order valence-corrected chi connectivity index (χ0v) is 45.3. The number of allylic oxidation sites excluding steroid dienone is 3. The lowest BCUT2D eigenvalue weighted by molar-refractivity contribution is -0.538. The lowest BCUT2D eigenvalue weighted by atomic mass is 10.0. The molecule has 1 aromatic heterocycles. The summed E-state index contributed by atoms with van der Waals surface area (Å²) in [6.07, 6.45) is 12.5. The Hall–Kier alpha value is -8.77. The number of benzene rings is 7. The summed E-state index contributed by atoms with van der Waals surface area (Å²) < 4.78 is 14.7. The van der Waals surface area contributed by atoms with E-state index in [9.17, 15) is 9.59 Å². The van der Waals surface area contributed by atoms with Gasteiger partial charge in [0.25, 0.3) is 11.8 Å². The van der Waals surface area contributed by atoms with E-state index in [1.807, 2.05) is 135 Å². The molecule has 0 bridgehead atoms. The zero-order chi connectivity index (χ0) is 54.4. The van der Waals surface area contributed by atoms with Crippen molar-refractivity contribution in [3.63, 3.8) is 0 Å². The number of para-hydroxylation sites is 2. The lowest BCUT2D eigenvalue weighted by Gasteiger charge is -2.17. The van der Waals surface area contributed by atoms with Crippen molar-refractivity contribution >= 4 is 68.0 Å². The summed E-state index contributed by atoms with van der Waals surface area (Å²) in [5, 5.41) is 9.60. The third-order valence-corrected chi connectivity index (χ3v) is 14.2. The first kappa shape index (κ1) is 54.0. The molecule has 7 N–H and O–H groups in total. The quantitative estimate of drug-likeness (QED) is 0.0182. The van der Waals surface area contributed by atoms with Crippen LogP contribution in [-0.4, -0.2) is 48.8 Å². The van der Waals surface area contributed by atoms with E-state index in [1.165, 1.54) is 0 Å². The molecule has 0 saturated carbocycles. The third-order valence-electron chi connectivity index (χ3n) is 14.2. The van der Waals surface area contributed by atoms with Gasteiger partial charge in [-0.2, -0.15) is 0 Å². The largest absolute Gasteiger partial charge is 0.494 e. The number of carbonyl (C=O) groups is 2. The van der Waals surface area contributed by atoms with Crippen LogP contribution in [0.2, 0.25) is 0 Å². The van der Waals surface area contributed by atoms with Crippen LogP contribution in [0.4, 0.5) is 28.4 Å². The van der Waals surface area contributed by atoms with Crippen molar-refractivity contribution in [1.29, 1.82) is 0 Å². The maximum Gasteiger partial charge on any atom is 0.251 e. The molecule has 0 saturated heterocycles. The molecular formula is C66H71N8O4+. The van der Waals surface area contributed by atoms with Crippen molar-refractivity contribution in [1.82, 2.24) is 15.6 Å². The van der Waals surface area contributed by atoms with Gasteiger partial charge in [0.1, 0.15) is 22.5 Å². The number of fused-ring (bicyclic) bond motifs is 2. The van der Waals surface area contributed by atoms with E-state index in [1.54, 1.807) is 0 Å². The molecule has 0 fully saturated rings. The molecule has 0 aliphatic heterocycles. The molecule has 0 unspecified atom stereocenters. The molecule has 7 aromatic carbocycles. The summed E-state index contributed by atoms with van der Waals surface area (Å²) in [7, 11) is 0. The second kappa shape index (κ2) is 25.8. The topological polar surface area (TPSA) is 170 Å². The van der Waals surface area contributed by atoms with E-state index in [4.69, 9.17) is 30.9 Å². The average molecular weight is 1040 g/mol. The number of nitrogen functional groups attached to an aromatic ring is 2. The molecule has 1 heterocycles. The molecule has 1 aliphatic carbocycles. The molecule has 1 aliphatic rings. The number of nitrogens with zero attached hydrogens (tertiary/aromatic N) is 3. The first-order valence-electron chi connectivity index (χ1n) is 27.3. The normalized spacial score (nSPS) is 12.8. The van der Waals surface area contributed by atoms with E-state index in [-0.39, 0.29) is 11.8 Å². The highest BCUT2D eigenvalue weighted by Crippen LogP contribution is 2.34. The van der Waals surface area contributed by atoms with Crippen molar-refractivity contribution in [2.75, 3.05) is 43.1 Å². The highest BCUT2D eigenvalue weighted by atomic mass is 16.5. The van der Waals surface area contributed by atoms with Gasteiger partial charge in [0.05, 0.1) is 30.7 Å². The third kappa shape index (κ3) is 13.8. The second-order valence-corrected chi connectivity index (χ2v) is 20.2. The number of anilines is 4. The molecule has 398 valence electrons. The van der Waals surface area contributed by atoms with Crippen LogP contribution in [0.15, 0.2) is 174 Å². The van der Waals surface area contributed by atoms with Gasteiger partial charge in [-0.3, -0.25) is 14.6 Å². The number of carbonyl (C=O) groups excluding carboxylic acids is 2. The molecule has 0 radical (unpaired) electrons. The van der Waals surface area contributed by atoms with Crippen LogP contribution in [-0.2, 0) is 4.74 Å². The molecule has 8 aromatic rings. The van der Waals surface area contributed by atoms with Gasteiger partial charge in [-0.1, -0.05) is 86.3 Å². The highest BCUT2D eigenvalue weighted by molar-refractivity contribution is 6.01. The second-order valence-electron chi connectivity index (χ2n) is 20.2. The predicted molar refractivity (Wildman–Crippen MR) is 318 cm³/mol. The summed E-state index contributed by atoms with van der Waals surface area (Å²) in [6.45, 7) is 10.6. The van der Waals surface area contributed by atoms with Gasteiger partial charge in [0, 0.05) is 71.6 Å². The Bertz CT molecular complexity index is 3500. The van der Waals surface area contributed by atoms with Crippen LogP contribution in [0.5, 0.6) is 5.75 Å². The van der Waals surface area contributed by atoms with Crippen molar-refractivity contribution in [3.8, 4) is 22.6 Å². The first-order valence-corrected chi connectivity index (χ1v) is 27.3. The van der Waals surface area contributed by atoms with Crippen molar-refractivity contribution in [3.05, 3.63) is 197 Å². The van der Waals surface area contributed by atoms with Gasteiger partial charge in [0.2, 0.25) is 16.7 Å². The monoisotopic (exact) mass is 1040 g/mol. The predicted octanol–water partition coefficient (Wildman–Crippen LogP) is 13.8. The fraction of sp³-hybridized carbons (Fsp3) is 0.258. The Morgan fingerprint density at radius 3 is 1.74 bits per heavy atom. The number of aliphatic imine (C=N–C) groups is 1. The number of hydrogen-bond donors (Lipinski definition) is 5. The van der Waals surface area contributed by atoms with Crippen LogP contribution in [0.25, 0.3) is 38.9 Å². The Labute approximate surface area is 458 Å². The van der Waals surface area contributed by atoms with Crippen molar-refractivity contribution in [2.24, 2.45) is 4.99 Å². The summed E-state index contributed by atoms with van der Waals surface area (Å²) in [5.41, 5.74) is 29.7. The summed E-state index contributed by atoms with van der Waals surface area (Å²) in [6, 6.07) is 47.7. The van der Waals surface area contributed by atoms with E-state index in [0.717, 1.165) is 158 Å². The van der Waals surface area contributed by atoms with E-state index in [2.05, 4.69) is 70.8 Å². The molecule has 2 amide bonds. The number of amides is 2. The molecule has 0 spiro atoms.